The normalized spacial score (nSPS) is 16.8. The van der Waals surface area contributed by atoms with Gasteiger partial charge in [0.15, 0.2) is 5.69 Å². The van der Waals surface area contributed by atoms with Crippen LogP contribution in [-0.2, 0) is 4.74 Å². The summed E-state index contributed by atoms with van der Waals surface area (Å²) in [5.74, 6) is -0.0450. The zero-order valence-electron chi connectivity index (χ0n) is 11.4. The zero-order chi connectivity index (χ0) is 14.1. The van der Waals surface area contributed by atoms with Gasteiger partial charge in [-0.25, -0.2) is 0 Å². The number of carbonyl (C=O) groups is 1. The van der Waals surface area contributed by atoms with Gasteiger partial charge >= 0.3 is 0 Å². The lowest BCUT2D eigenvalue weighted by molar-refractivity contribution is 0.0348. The maximum Gasteiger partial charge on any atom is 0.274 e. The summed E-state index contributed by atoms with van der Waals surface area (Å²) in [5.41, 5.74) is 7.69. The Hall–Kier alpha value is -2.08. The predicted molar refractivity (Wildman–Crippen MR) is 76.4 cm³/mol. The van der Waals surface area contributed by atoms with Gasteiger partial charge in [-0.2, -0.15) is 5.10 Å². The second kappa shape index (κ2) is 5.13. The minimum Gasteiger partial charge on any atom is -0.399 e. The molecule has 0 saturated carbocycles. The van der Waals surface area contributed by atoms with Crippen LogP contribution in [-0.4, -0.2) is 47.3 Å². The van der Waals surface area contributed by atoms with E-state index in [1.54, 1.807) is 19.2 Å². The Bertz CT molecular complexity index is 629. The van der Waals surface area contributed by atoms with Crippen molar-refractivity contribution in [1.82, 2.24) is 15.1 Å². The van der Waals surface area contributed by atoms with Crippen molar-refractivity contribution < 1.29 is 9.53 Å². The van der Waals surface area contributed by atoms with Gasteiger partial charge in [-0.15, -0.1) is 0 Å². The molecular formula is C14H18N4O2. The van der Waals surface area contributed by atoms with Crippen molar-refractivity contribution >= 4 is 22.5 Å². The van der Waals surface area contributed by atoms with Crippen LogP contribution in [0.15, 0.2) is 18.2 Å². The quantitative estimate of drug-likeness (QED) is 0.811. The molecule has 0 unspecified atom stereocenters. The van der Waals surface area contributed by atoms with E-state index in [0.29, 0.717) is 24.5 Å². The molecule has 1 amide bonds. The fourth-order valence-corrected chi connectivity index (χ4v) is 2.64. The molecule has 6 nitrogen and oxygen atoms in total. The van der Waals surface area contributed by atoms with Crippen molar-refractivity contribution in [2.75, 3.05) is 25.9 Å². The van der Waals surface area contributed by atoms with Gasteiger partial charge in [0.2, 0.25) is 0 Å². The van der Waals surface area contributed by atoms with Gasteiger partial charge in [0.05, 0.1) is 11.6 Å². The maximum absolute atomic E-state index is 12.5. The van der Waals surface area contributed by atoms with Crippen LogP contribution in [0.5, 0.6) is 0 Å². The van der Waals surface area contributed by atoms with Crippen molar-refractivity contribution in [2.24, 2.45) is 0 Å². The van der Waals surface area contributed by atoms with Gasteiger partial charge in [-0.05, 0) is 31.0 Å². The number of carbonyl (C=O) groups excluding carboxylic acids is 1. The van der Waals surface area contributed by atoms with Crippen LogP contribution in [0.4, 0.5) is 5.69 Å². The smallest absolute Gasteiger partial charge is 0.274 e. The SMILES string of the molecule is COC1CCN(C(=O)c2n[nH]c3ccc(N)cc23)CC1. The number of nitrogens with two attached hydrogens (primary N) is 1. The number of likely N-dealkylation sites (tertiary alicyclic amines) is 1. The number of ether oxygens (including phenoxy) is 1. The zero-order valence-corrected chi connectivity index (χ0v) is 11.4. The molecule has 6 heteroatoms. The molecule has 0 aliphatic carbocycles. The Labute approximate surface area is 116 Å². The summed E-state index contributed by atoms with van der Waals surface area (Å²) in [5, 5.41) is 7.81. The Morgan fingerprint density at radius 3 is 2.90 bits per heavy atom. The van der Waals surface area contributed by atoms with E-state index < -0.39 is 0 Å². The van der Waals surface area contributed by atoms with Gasteiger partial charge in [0, 0.05) is 31.3 Å². The molecule has 20 heavy (non-hydrogen) atoms. The van der Waals surface area contributed by atoms with Crippen LogP contribution >= 0.6 is 0 Å². The number of H-pyrrole nitrogens is 1. The summed E-state index contributed by atoms with van der Waals surface area (Å²) in [6.45, 7) is 1.40. The summed E-state index contributed by atoms with van der Waals surface area (Å²) in [6, 6.07) is 5.42. The minimum atomic E-state index is -0.0450. The van der Waals surface area contributed by atoms with Crippen molar-refractivity contribution in [3.05, 3.63) is 23.9 Å². The molecule has 1 aromatic carbocycles. The molecule has 3 rings (SSSR count). The number of nitrogen functional groups attached to an aromatic ring is 1. The van der Waals surface area contributed by atoms with Gasteiger partial charge in [0.25, 0.3) is 5.91 Å². The first-order valence-electron chi connectivity index (χ1n) is 6.74. The first-order chi connectivity index (χ1) is 9.69. The molecule has 3 N–H and O–H groups in total. The van der Waals surface area contributed by atoms with E-state index >= 15 is 0 Å². The molecule has 1 saturated heterocycles. The van der Waals surface area contributed by atoms with E-state index in [0.717, 1.165) is 23.7 Å². The van der Waals surface area contributed by atoms with Gasteiger partial charge in [-0.1, -0.05) is 0 Å². The number of benzene rings is 1. The van der Waals surface area contributed by atoms with E-state index in [-0.39, 0.29) is 12.0 Å². The summed E-state index contributed by atoms with van der Waals surface area (Å²) in [6.07, 6.45) is 1.99. The van der Waals surface area contributed by atoms with Gasteiger partial charge in [-0.3, -0.25) is 9.89 Å². The van der Waals surface area contributed by atoms with Crippen LogP contribution in [0.3, 0.4) is 0 Å². The number of aromatic nitrogens is 2. The molecule has 1 aliphatic heterocycles. The number of hydrogen-bond donors (Lipinski definition) is 2. The third-order valence-corrected chi connectivity index (χ3v) is 3.85. The molecule has 2 aromatic rings. The molecule has 0 bridgehead atoms. The highest BCUT2D eigenvalue weighted by molar-refractivity contribution is 6.05. The van der Waals surface area contributed by atoms with E-state index in [2.05, 4.69) is 10.2 Å². The van der Waals surface area contributed by atoms with Crippen LogP contribution in [0.2, 0.25) is 0 Å². The Morgan fingerprint density at radius 2 is 2.20 bits per heavy atom. The summed E-state index contributed by atoms with van der Waals surface area (Å²) >= 11 is 0. The number of amides is 1. The van der Waals surface area contributed by atoms with Crippen molar-refractivity contribution in [3.63, 3.8) is 0 Å². The second-order valence-electron chi connectivity index (χ2n) is 5.10. The maximum atomic E-state index is 12.5. The van der Waals surface area contributed by atoms with Crippen molar-refractivity contribution in [3.8, 4) is 0 Å². The molecule has 106 valence electrons. The first-order valence-corrected chi connectivity index (χ1v) is 6.74. The molecule has 0 atom stereocenters. The number of aromatic amines is 1. The number of hydrogen-bond acceptors (Lipinski definition) is 4. The predicted octanol–water partition coefficient (Wildman–Crippen LogP) is 1.40. The molecule has 2 heterocycles. The van der Waals surface area contributed by atoms with E-state index in [1.807, 2.05) is 11.0 Å². The molecule has 1 fully saturated rings. The Balaban J connectivity index is 1.84. The monoisotopic (exact) mass is 274 g/mol. The number of anilines is 1. The number of fused-ring (bicyclic) bond motifs is 1. The third kappa shape index (κ3) is 2.22. The van der Waals surface area contributed by atoms with Crippen LogP contribution < -0.4 is 5.73 Å². The van der Waals surface area contributed by atoms with Crippen LogP contribution in [0.25, 0.3) is 10.9 Å². The molecular weight excluding hydrogens is 256 g/mol. The van der Waals surface area contributed by atoms with E-state index in [4.69, 9.17) is 10.5 Å². The minimum absolute atomic E-state index is 0.0450. The fourth-order valence-electron chi connectivity index (χ4n) is 2.64. The lowest BCUT2D eigenvalue weighted by Gasteiger charge is -2.30. The number of nitrogens with one attached hydrogen (secondary N) is 1. The lowest BCUT2D eigenvalue weighted by Crippen LogP contribution is -2.40. The molecule has 1 aliphatic rings. The summed E-state index contributed by atoms with van der Waals surface area (Å²) in [4.78, 5) is 14.4. The average Bonchev–Trinajstić information content (AvgIpc) is 2.89. The molecule has 1 aromatic heterocycles. The van der Waals surface area contributed by atoms with Crippen LogP contribution in [0, 0.1) is 0 Å². The van der Waals surface area contributed by atoms with Gasteiger partial charge in [0.1, 0.15) is 0 Å². The van der Waals surface area contributed by atoms with Crippen LogP contribution in [0.1, 0.15) is 23.3 Å². The molecule has 0 spiro atoms. The number of methoxy groups -OCH3 is 1. The van der Waals surface area contributed by atoms with E-state index in [1.165, 1.54) is 0 Å². The van der Waals surface area contributed by atoms with Crippen molar-refractivity contribution in [1.29, 1.82) is 0 Å². The van der Waals surface area contributed by atoms with E-state index in [9.17, 15) is 4.79 Å². The second-order valence-corrected chi connectivity index (χ2v) is 5.10. The highest BCUT2D eigenvalue weighted by Gasteiger charge is 2.26. The number of nitrogens with zero attached hydrogens (tertiary/aromatic N) is 2. The fraction of sp³-hybridized carbons (Fsp3) is 0.429. The topological polar surface area (TPSA) is 84.2 Å². The standard InChI is InChI=1S/C14H18N4O2/c1-20-10-4-6-18(7-5-10)14(19)13-11-8-9(15)2-3-12(11)16-17-13/h2-3,8,10H,4-7,15H2,1H3,(H,16,17). The third-order valence-electron chi connectivity index (χ3n) is 3.85. The largest absolute Gasteiger partial charge is 0.399 e. The van der Waals surface area contributed by atoms with Crippen molar-refractivity contribution in [2.45, 2.75) is 18.9 Å². The Kier molecular flexibility index (Phi) is 3.31. The lowest BCUT2D eigenvalue weighted by atomic mass is 10.1. The highest BCUT2D eigenvalue weighted by Crippen LogP contribution is 2.22. The average molecular weight is 274 g/mol. The highest BCUT2D eigenvalue weighted by atomic mass is 16.5. The molecule has 0 radical (unpaired) electrons. The number of rotatable bonds is 2. The van der Waals surface area contributed by atoms with Gasteiger partial charge < -0.3 is 15.4 Å². The Morgan fingerprint density at radius 1 is 1.45 bits per heavy atom. The number of piperidine rings is 1. The first kappa shape index (κ1) is 12.9. The summed E-state index contributed by atoms with van der Waals surface area (Å²) in [7, 11) is 1.71. The summed E-state index contributed by atoms with van der Waals surface area (Å²) < 4.78 is 5.32.